The Hall–Kier alpha value is -3.80. The predicted octanol–water partition coefficient (Wildman–Crippen LogP) is 3.96. The molecule has 4 rings (SSSR count). The van der Waals surface area contributed by atoms with Gasteiger partial charge in [0, 0.05) is 33.7 Å². The van der Waals surface area contributed by atoms with Crippen molar-refractivity contribution in [1.29, 1.82) is 0 Å². The molecule has 2 heterocycles. The number of hydrogen-bond donors (Lipinski definition) is 3. The first kappa shape index (κ1) is 18.6. The average molecular weight is 386 g/mol. The second-order valence-electron chi connectivity index (χ2n) is 7.03. The molecule has 0 aliphatic rings. The molecule has 0 spiro atoms. The van der Waals surface area contributed by atoms with E-state index in [1.54, 1.807) is 0 Å². The molecule has 0 fully saturated rings. The summed E-state index contributed by atoms with van der Waals surface area (Å²) in [5.41, 5.74) is 10.5. The topological polar surface area (TPSA) is 78.9 Å². The lowest BCUT2D eigenvalue weighted by atomic mass is 10.1. The number of aromatic amines is 1. The van der Waals surface area contributed by atoms with Crippen LogP contribution in [0.25, 0.3) is 16.6 Å². The van der Waals surface area contributed by atoms with Crippen LogP contribution >= 0.6 is 0 Å². The van der Waals surface area contributed by atoms with E-state index < -0.39 is 0 Å². The standard InChI is InChI=1S/C23H22N4O2/c1-14-13-19(16(3)27(14)17-9-5-4-6-10-17)22(28)25-26-23(29)21-15(2)24-20-12-8-7-11-18(20)21/h4-13,24H,1-3H3,(H,25,28)(H,26,29). The van der Waals surface area contributed by atoms with Gasteiger partial charge in [0.15, 0.2) is 0 Å². The van der Waals surface area contributed by atoms with Crippen molar-refractivity contribution >= 4 is 22.7 Å². The SMILES string of the molecule is Cc1[nH]c2ccccc2c1C(=O)NNC(=O)c1cc(C)n(-c2ccccc2)c1C. The van der Waals surface area contributed by atoms with E-state index in [0.717, 1.165) is 33.7 Å². The number of nitrogens with one attached hydrogen (secondary N) is 3. The Morgan fingerprint density at radius 2 is 1.52 bits per heavy atom. The smallest absolute Gasteiger partial charge is 0.272 e. The normalized spacial score (nSPS) is 10.9. The number of rotatable bonds is 3. The number of carbonyl (C=O) groups excluding carboxylic acids is 2. The van der Waals surface area contributed by atoms with Gasteiger partial charge in [-0.1, -0.05) is 36.4 Å². The highest BCUT2D eigenvalue weighted by atomic mass is 16.2. The maximum Gasteiger partial charge on any atom is 0.272 e. The molecule has 0 unspecified atom stereocenters. The molecule has 3 N–H and O–H groups in total. The highest BCUT2D eigenvalue weighted by Crippen LogP contribution is 2.22. The van der Waals surface area contributed by atoms with Crippen LogP contribution in [0.1, 0.15) is 37.8 Å². The van der Waals surface area contributed by atoms with E-state index in [0.29, 0.717) is 11.1 Å². The average Bonchev–Trinajstić information content (AvgIpc) is 3.21. The van der Waals surface area contributed by atoms with Crippen molar-refractivity contribution in [3.8, 4) is 5.69 Å². The fraction of sp³-hybridized carbons (Fsp3) is 0.130. The summed E-state index contributed by atoms with van der Waals surface area (Å²) in [7, 11) is 0. The Bertz CT molecular complexity index is 1220. The highest BCUT2D eigenvalue weighted by molar-refractivity contribution is 6.09. The lowest BCUT2D eigenvalue weighted by Gasteiger charge is -2.10. The second kappa shape index (κ2) is 7.31. The zero-order valence-electron chi connectivity index (χ0n) is 16.5. The first-order valence-corrected chi connectivity index (χ1v) is 9.39. The first-order valence-electron chi connectivity index (χ1n) is 9.39. The van der Waals surface area contributed by atoms with Crippen LogP contribution in [0.4, 0.5) is 0 Å². The number of para-hydroxylation sites is 2. The molecule has 0 aliphatic heterocycles. The number of nitrogens with zero attached hydrogens (tertiary/aromatic N) is 1. The van der Waals surface area contributed by atoms with Crippen molar-refractivity contribution in [2.24, 2.45) is 0 Å². The van der Waals surface area contributed by atoms with Crippen molar-refractivity contribution in [3.63, 3.8) is 0 Å². The second-order valence-corrected chi connectivity index (χ2v) is 7.03. The van der Waals surface area contributed by atoms with Crippen LogP contribution in [0, 0.1) is 20.8 Å². The number of carbonyl (C=O) groups is 2. The van der Waals surface area contributed by atoms with Gasteiger partial charge in [-0.05, 0) is 45.0 Å². The number of hydrogen-bond acceptors (Lipinski definition) is 2. The summed E-state index contributed by atoms with van der Waals surface area (Å²) in [6.07, 6.45) is 0. The summed E-state index contributed by atoms with van der Waals surface area (Å²) in [6.45, 7) is 5.68. The van der Waals surface area contributed by atoms with Crippen LogP contribution in [0.3, 0.4) is 0 Å². The Morgan fingerprint density at radius 3 is 2.28 bits per heavy atom. The highest BCUT2D eigenvalue weighted by Gasteiger charge is 2.19. The number of aryl methyl sites for hydroxylation is 2. The fourth-order valence-electron chi connectivity index (χ4n) is 3.78. The summed E-state index contributed by atoms with van der Waals surface area (Å²) < 4.78 is 2.01. The minimum absolute atomic E-state index is 0.355. The molecular formula is C23H22N4O2. The molecule has 0 bridgehead atoms. The molecule has 0 saturated heterocycles. The van der Waals surface area contributed by atoms with Gasteiger partial charge in [-0.25, -0.2) is 0 Å². The zero-order chi connectivity index (χ0) is 20.5. The van der Waals surface area contributed by atoms with E-state index in [1.807, 2.05) is 86.0 Å². The van der Waals surface area contributed by atoms with Gasteiger partial charge in [0.1, 0.15) is 0 Å². The molecule has 0 aliphatic carbocycles. The van der Waals surface area contributed by atoms with E-state index in [9.17, 15) is 9.59 Å². The minimum Gasteiger partial charge on any atom is -0.358 e. The Balaban J connectivity index is 1.55. The van der Waals surface area contributed by atoms with Crippen LogP contribution in [-0.4, -0.2) is 21.4 Å². The quantitative estimate of drug-likeness (QED) is 0.466. The zero-order valence-corrected chi connectivity index (χ0v) is 16.5. The van der Waals surface area contributed by atoms with Gasteiger partial charge in [0.05, 0.1) is 11.1 Å². The maximum absolute atomic E-state index is 12.7. The van der Waals surface area contributed by atoms with Crippen molar-refractivity contribution in [2.75, 3.05) is 0 Å². The van der Waals surface area contributed by atoms with Gasteiger partial charge in [-0.2, -0.15) is 0 Å². The van der Waals surface area contributed by atoms with Gasteiger partial charge < -0.3 is 9.55 Å². The first-order chi connectivity index (χ1) is 14.0. The van der Waals surface area contributed by atoms with E-state index in [-0.39, 0.29) is 11.8 Å². The molecule has 0 saturated carbocycles. The van der Waals surface area contributed by atoms with Crippen LogP contribution in [0.15, 0.2) is 60.7 Å². The lowest BCUT2D eigenvalue weighted by Crippen LogP contribution is -2.42. The van der Waals surface area contributed by atoms with Gasteiger partial charge >= 0.3 is 0 Å². The molecule has 2 aromatic heterocycles. The number of amides is 2. The number of fused-ring (bicyclic) bond motifs is 1. The maximum atomic E-state index is 12.7. The third-order valence-electron chi connectivity index (χ3n) is 5.10. The molecule has 146 valence electrons. The third-order valence-corrected chi connectivity index (χ3v) is 5.10. The van der Waals surface area contributed by atoms with Crippen molar-refractivity contribution in [2.45, 2.75) is 20.8 Å². The van der Waals surface area contributed by atoms with Crippen LogP contribution < -0.4 is 10.9 Å². The van der Waals surface area contributed by atoms with Gasteiger partial charge in [-0.3, -0.25) is 20.4 Å². The monoisotopic (exact) mass is 386 g/mol. The number of hydrazine groups is 1. The molecule has 6 nitrogen and oxygen atoms in total. The number of aromatic nitrogens is 2. The summed E-state index contributed by atoms with van der Waals surface area (Å²) >= 11 is 0. The van der Waals surface area contributed by atoms with Crippen molar-refractivity contribution < 1.29 is 9.59 Å². The van der Waals surface area contributed by atoms with E-state index in [4.69, 9.17) is 0 Å². The summed E-state index contributed by atoms with van der Waals surface area (Å²) in [4.78, 5) is 28.6. The largest absolute Gasteiger partial charge is 0.358 e. The number of benzene rings is 2. The van der Waals surface area contributed by atoms with Crippen LogP contribution in [0.5, 0.6) is 0 Å². The molecule has 4 aromatic rings. The lowest BCUT2D eigenvalue weighted by molar-refractivity contribution is 0.0847. The molecule has 2 amide bonds. The Morgan fingerprint density at radius 1 is 0.862 bits per heavy atom. The molecular weight excluding hydrogens is 364 g/mol. The molecule has 2 aromatic carbocycles. The fourth-order valence-corrected chi connectivity index (χ4v) is 3.78. The number of H-pyrrole nitrogens is 1. The molecule has 6 heteroatoms. The predicted molar refractivity (Wildman–Crippen MR) is 113 cm³/mol. The Kier molecular flexibility index (Phi) is 4.68. The van der Waals surface area contributed by atoms with E-state index in [1.165, 1.54) is 0 Å². The minimum atomic E-state index is -0.356. The van der Waals surface area contributed by atoms with E-state index >= 15 is 0 Å². The Labute approximate surface area is 168 Å². The van der Waals surface area contributed by atoms with Gasteiger partial charge in [0.2, 0.25) is 0 Å². The third kappa shape index (κ3) is 3.29. The van der Waals surface area contributed by atoms with Crippen molar-refractivity contribution in [3.05, 3.63) is 88.9 Å². The van der Waals surface area contributed by atoms with Crippen molar-refractivity contribution in [1.82, 2.24) is 20.4 Å². The van der Waals surface area contributed by atoms with E-state index in [2.05, 4.69) is 15.8 Å². The summed E-state index contributed by atoms with van der Waals surface area (Å²) in [5, 5.41) is 0.819. The molecule has 29 heavy (non-hydrogen) atoms. The van der Waals surface area contributed by atoms with Gasteiger partial charge in [0.25, 0.3) is 11.8 Å². The molecule has 0 atom stereocenters. The van der Waals surface area contributed by atoms with Gasteiger partial charge in [-0.15, -0.1) is 0 Å². The summed E-state index contributed by atoms with van der Waals surface area (Å²) in [5.74, 6) is -0.712. The summed E-state index contributed by atoms with van der Waals surface area (Å²) in [6, 6.07) is 19.2. The van der Waals surface area contributed by atoms with Crippen LogP contribution in [-0.2, 0) is 0 Å². The van der Waals surface area contributed by atoms with Crippen LogP contribution in [0.2, 0.25) is 0 Å². The molecule has 0 radical (unpaired) electrons.